The molecule has 0 saturated carbocycles. The molecular formula is C18H33NO4. The first-order valence-electron chi connectivity index (χ1n) is 8.32. The van der Waals surface area contributed by atoms with Gasteiger partial charge in [-0.1, -0.05) is 19.9 Å². The van der Waals surface area contributed by atoms with E-state index in [2.05, 4.69) is 6.58 Å². The van der Waals surface area contributed by atoms with Crippen molar-refractivity contribution in [2.24, 2.45) is 11.8 Å². The molecule has 5 nitrogen and oxygen atoms in total. The van der Waals surface area contributed by atoms with Gasteiger partial charge in [-0.2, -0.15) is 0 Å². The van der Waals surface area contributed by atoms with Gasteiger partial charge in [0.1, 0.15) is 11.3 Å². The molecule has 1 N–H and O–H groups in total. The largest absolute Gasteiger partial charge is 0.444 e. The molecule has 0 unspecified atom stereocenters. The highest BCUT2D eigenvalue weighted by Crippen LogP contribution is 2.38. The minimum atomic E-state index is -0.780. The number of hydrogen-bond acceptors (Lipinski definition) is 4. The molecule has 1 saturated heterocycles. The molecule has 5 heteroatoms. The maximum absolute atomic E-state index is 12.6. The van der Waals surface area contributed by atoms with Crippen molar-refractivity contribution in [2.45, 2.75) is 85.0 Å². The van der Waals surface area contributed by atoms with E-state index in [0.717, 1.165) is 0 Å². The van der Waals surface area contributed by atoms with Gasteiger partial charge in [0.15, 0.2) is 0 Å². The summed E-state index contributed by atoms with van der Waals surface area (Å²) in [5.74, 6) is -0.177. The standard InChI is InChI=1S/C18H33NO4/c1-10-11(2)14(20)12(3)15-13(4)19(18(8,9)22-15)16(21)23-17(5,6)7/h10-15,20H,1H2,2-9H3/t11-,12+,13-,14-,15+/m1/s1. The highest BCUT2D eigenvalue weighted by molar-refractivity contribution is 5.69. The van der Waals surface area contributed by atoms with Crippen molar-refractivity contribution < 1.29 is 19.4 Å². The fourth-order valence-electron chi connectivity index (χ4n) is 3.18. The van der Waals surface area contributed by atoms with Crippen molar-refractivity contribution in [1.82, 2.24) is 4.90 Å². The van der Waals surface area contributed by atoms with Crippen molar-refractivity contribution in [3.05, 3.63) is 12.7 Å². The van der Waals surface area contributed by atoms with Crippen molar-refractivity contribution >= 4 is 6.09 Å². The number of ether oxygens (including phenoxy) is 2. The van der Waals surface area contributed by atoms with Gasteiger partial charge in [-0.05, 0) is 41.5 Å². The SMILES string of the molecule is C=C[C@@H](C)[C@@H](O)[C@H](C)[C@@H]1OC(C)(C)N(C(=O)OC(C)(C)C)[C@@H]1C. The van der Waals surface area contributed by atoms with E-state index in [9.17, 15) is 9.90 Å². The van der Waals surface area contributed by atoms with Gasteiger partial charge in [0.25, 0.3) is 0 Å². The fraction of sp³-hybridized carbons (Fsp3) is 0.833. The number of amides is 1. The van der Waals surface area contributed by atoms with Crippen LogP contribution >= 0.6 is 0 Å². The third-order valence-corrected chi connectivity index (χ3v) is 4.44. The number of carbonyl (C=O) groups is 1. The monoisotopic (exact) mass is 327 g/mol. The fourth-order valence-corrected chi connectivity index (χ4v) is 3.18. The van der Waals surface area contributed by atoms with E-state index < -0.39 is 23.5 Å². The zero-order chi connectivity index (χ0) is 18.2. The second kappa shape index (κ2) is 6.81. The van der Waals surface area contributed by atoms with Gasteiger partial charge >= 0.3 is 6.09 Å². The average Bonchev–Trinajstić information content (AvgIpc) is 2.63. The van der Waals surface area contributed by atoms with Crippen LogP contribution in [0.3, 0.4) is 0 Å². The third-order valence-electron chi connectivity index (χ3n) is 4.44. The first kappa shape index (κ1) is 20.0. The minimum Gasteiger partial charge on any atom is -0.444 e. The van der Waals surface area contributed by atoms with Crippen molar-refractivity contribution in [3.8, 4) is 0 Å². The Morgan fingerprint density at radius 3 is 2.35 bits per heavy atom. The van der Waals surface area contributed by atoms with Crippen LogP contribution in [0.25, 0.3) is 0 Å². The van der Waals surface area contributed by atoms with E-state index >= 15 is 0 Å². The van der Waals surface area contributed by atoms with E-state index in [0.29, 0.717) is 0 Å². The Labute approximate surface area is 140 Å². The van der Waals surface area contributed by atoms with Crippen LogP contribution in [0, 0.1) is 11.8 Å². The Morgan fingerprint density at radius 1 is 1.39 bits per heavy atom. The number of rotatable bonds is 4. The molecule has 1 rings (SSSR count). The molecule has 134 valence electrons. The third kappa shape index (κ3) is 4.48. The quantitative estimate of drug-likeness (QED) is 0.802. The molecular weight excluding hydrogens is 294 g/mol. The van der Waals surface area contributed by atoms with Crippen LogP contribution in [0.1, 0.15) is 55.4 Å². The average molecular weight is 327 g/mol. The highest BCUT2D eigenvalue weighted by Gasteiger charge is 2.51. The maximum atomic E-state index is 12.6. The smallest absolute Gasteiger partial charge is 0.412 e. The van der Waals surface area contributed by atoms with Crippen LogP contribution in [0.15, 0.2) is 12.7 Å². The molecule has 0 bridgehead atoms. The van der Waals surface area contributed by atoms with Crippen molar-refractivity contribution in [3.63, 3.8) is 0 Å². The summed E-state index contributed by atoms with van der Waals surface area (Å²) in [6, 6.07) is -0.193. The van der Waals surface area contributed by atoms with Gasteiger partial charge in [-0.15, -0.1) is 6.58 Å². The molecule has 1 aliphatic rings. The van der Waals surface area contributed by atoms with Crippen molar-refractivity contribution in [2.75, 3.05) is 0 Å². The summed E-state index contributed by atoms with van der Waals surface area (Å²) in [6.45, 7) is 18.8. The molecule has 1 fully saturated rings. The van der Waals surface area contributed by atoms with E-state index in [1.54, 1.807) is 11.0 Å². The second-order valence-electron chi connectivity index (χ2n) is 8.06. The van der Waals surface area contributed by atoms with Gasteiger partial charge in [0.05, 0.1) is 18.2 Å². The lowest BCUT2D eigenvalue weighted by atomic mass is 9.87. The van der Waals surface area contributed by atoms with Gasteiger partial charge < -0.3 is 14.6 Å². The highest BCUT2D eigenvalue weighted by atomic mass is 16.6. The predicted octanol–water partition coefficient (Wildman–Crippen LogP) is 3.57. The number of hydrogen-bond donors (Lipinski definition) is 1. The topological polar surface area (TPSA) is 59.0 Å². The molecule has 0 spiro atoms. The Balaban J connectivity index is 2.97. The van der Waals surface area contributed by atoms with E-state index in [1.165, 1.54) is 0 Å². The molecule has 1 heterocycles. The number of nitrogens with zero attached hydrogens (tertiary/aromatic N) is 1. The molecule has 0 aromatic rings. The first-order chi connectivity index (χ1) is 10.3. The molecule has 0 aromatic heterocycles. The van der Waals surface area contributed by atoms with Gasteiger partial charge in [0, 0.05) is 11.8 Å². The summed E-state index contributed by atoms with van der Waals surface area (Å²) in [5, 5.41) is 10.5. The Hall–Kier alpha value is -1.07. The van der Waals surface area contributed by atoms with E-state index in [-0.39, 0.29) is 24.0 Å². The van der Waals surface area contributed by atoms with Gasteiger partial charge in [-0.25, -0.2) is 4.79 Å². The van der Waals surface area contributed by atoms with E-state index in [1.807, 2.05) is 55.4 Å². The molecule has 0 radical (unpaired) electrons. The zero-order valence-electron chi connectivity index (χ0n) is 15.8. The second-order valence-corrected chi connectivity index (χ2v) is 8.06. The van der Waals surface area contributed by atoms with Crippen LogP contribution in [0.2, 0.25) is 0 Å². The Kier molecular flexibility index (Phi) is 5.92. The van der Waals surface area contributed by atoms with Gasteiger partial charge in [-0.3, -0.25) is 4.90 Å². The van der Waals surface area contributed by atoms with Crippen LogP contribution in [-0.4, -0.2) is 45.7 Å². The van der Waals surface area contributed by atoms with Crippen LogP contribution < -0.4 is 0 Å². The van der Waals surface area contributed by atoms with Crippen LogP contribution in [0.5, 0.6) is 0 Å². The minimum absolute atomic E-state index is 0.0421. The lowest BCUT2D eigenvalue weighted by molar-refractivity contribution is -0.101. The van der Waals surface area contributed by atoms with Crippen LogP contribution in [-0.2, 0) is 9.47 Å². The summed E-state index contributed by atoms with van der Waals surface area (Å²) >= 11 is 0. The molecule has 1 aliphatic heterocycles. The Morgan fingerprint density at radius 2 is 1.91 bits per heavy atom. The van der Waals surface area contributed by atoms with Crippen LogP contribution in [0.4, 0.5) is 4.79 Å². The molecule has 23 heavy (non-hydrogen) atoms. The van der Waals surface area contributed by atoms with E-state index in [4.69, 9.17) is 9.47 Å². The van der Waals surface area contributed by atoms with Crippen molar-refractivity contribution in [1.29, 1.82) is 0 Å². The number of carbonyl (C=O) groups excluding carboxylic acids is 1. The molecule has 1 amide bonds. The summed E-state index contributed by atoms with van der Waals surface area (Å²) in [6.07, 6.45) is 0.498. The summed E-state index contributed by atoms with van der Waals surface area (Å²) < 4.78 is 11.6. The summed E-state index contributed by atoms with van der Waals surface area (Å²) in [7, 11) is 0. The lowest BCUT2D eigenvalue weighted by Crippen LogP contribution is -2.49. The molecule has 0 aliphatic carbocycles. The molecule has 0 aromatic carbocycles. The number of aliphatic hydroxyl groups is 1. The normalized spacial score (nSPS) is 28.1. The zero-order valence-corrected chi connectivity index (χ0v) is 15.8. The first-order valence-corrected chi connectivity index (χ1v) is 8.32. The predicted molar refractivity (Wildman–Crippen MR) is 91.0 cm³/mol. The van der Waals surface area contributed by atoms with Gasteiger partial charge in [0.2, 0.25) is 0 Å². The lowest BCUT2D eigenvalue weighted by Gasteiger charge is -2.34. The summed E-state index contributed by atoms with van der Waals surface area (Å²) in [5.41, 5.74) is -1.34. The number of aliphatic hydroxyl groups excluding tert-OH is 1. The summed E-state index contributed by atoms with van der Waals surface area (Å²) in [4.78, 5) is 14.2. The maximum Gasteiger partial charge on any atom is 0.412 e. The molecule has 5 atom stereocenters. The Bertz CT molecular complexity index is 441.